The van der Waals surface area contributed by atoms with Gasteiger partial charge in [0.15, 0.2) is 0 Å². The van der Waals surface area contributed by atoms with Gasteiger partial charge in [0.05, 0.1) is 16.7 Å². The standard InChI is InChI=1S/C11H14N2S/c1-3-4-5-14-11-7-10(8-12)6-9(2)13-11/h6-7H,3-5H2,1-2H3. The number of nitrogens with zero attached hydrogens (tertiary/aromatic N) is 2. The van der Waals surface area contributed by atoms with Crippen molar-refractivity contribution in [2.75, 3.05) is 5.75 Å². The molecule has 3 heteroatoms. The number of unbranched alkanes of at least 4 members (excludes halogenated alkanes) is 1. The van der Waals surface area contributed by atoms with Crippen LogP contribution in [0.2, 0.25) is 0 Å². The lowest BCUT2D eigenvalue weighted by molar-refractivity contribution is 0.894. The number of thioether (sulfide) groups is 1. The van der Waals surface area contributed by atoms with Crippen molar-refractivity contribution in [3.05, 3.63) is 23.4 Å². The molecule has 0 saturated heterocycles. The predicted molar refractivity (Wildman–Crippen MR) is 59.3 cm³/mol. The highest BCUT2D eigenvalue weighted by atomic mass is 32.2. The van der Waals surface area contributed by atoms with Gasteiger partial charge in [-0.25, -0.2) is 4.98 Å². The number of rotatable bonds is 4. The summed E-state index contributed by atoms with van der Waals surface area (Å²) in [4.78, 5) is 4.37. The van der Waals surface area contributed by atoms with Crippen molar-refractivity contribution >= 4 is 11.8 Å². The zero-order valence-electron chi connectivity index (χ0n) is 8.58. The maximum Gasteiger partial charge on any atom is 0.0993 e. The molecule has 1 aromatic heterocycles. The van der Waals surface area contributed by atoms with Gasteiger partial charge in [0.1, 0.15) is 0 Å². The van der Waals surface area contributed by atoms with E-state index in [1.807, 2.05) is 19.1 Å². The van der Waals surface area contributed by atoms with Crippen molar-refractivity contribution in [2.24, 2.45) is 0 Å². The van der Waals surface area contributed by atoms with Crippen molar-refractivity contribution in [3.8, 4) is 6.07 Å². The lowest BCUT2D eigenvalue weighted by Gasteiger charge is -2.01. The Morgan fingerprint density at radius 1 is 1.50 bits per heavy atom. The van der Waals surface area contributed by atoms with Crippen molar-refractivity contribution in [1.29, 1.82) is 5.26 Å². The highest BCUT2D eigenvalue weighted by Crippen LogP contribution is 2.18. The quantitative estimate of drug-likeness (QED) is 0.561. The minimum Gasteiger partial charge on any atom is -0.247 e. The topological polar surface area (TPSA) is 36.7 Å². The van der Waals surface area contributed by atoms with E-state index >= 15 is 0 Å². The minimum atomic E-state index is 0.705. The molecule has 2 nitrogen and oxygen atoms in total. The molecule has 74 valence electrons. The maximum absolute atomic E-state index is 8.77. The second kappa shape index (κ2) is 5.66. The number of pyridine rings is 1. The molecule has 0 aliphatic rings. The molecule has 0 aliphatic heterocycles. The highest BCUT2D eigenvalue weighted by molar-refractivity contribution is 7.99. The number of aromatic nitrogens is 1. The Bertz CT molecular complexity index is 342. The van der Waals surface area contributed by atoms with Gasteiger partial charge < -0.3 is 0 Å². The van der Waals surface area contributed by atoms with Crippen LogP contribution in [0.4, 0.5) is 0 Å². The van der Waals surface area contributed by atoms with Gasteiger partial charge in [0.25, 0.3) is 0 Å². The lowest BCUT2D eigenvalue weighted by atomic mass is 10.2. The third-order valence-corrected chi connectivity index (χ3v) is 2.80. The fourth-order valence-corrected chi connectivity index (χ4v) is 2.16. The summed E-state index contributed by atoms with van der Waals surface area (Å²) in [5.74, 6) is 1.08. The van der Waals surface area contributed by atoms with Gasteiger partial charge in [-0.2, -0.15) is 5.26 Å². The molecule has 0 saturated carbocycles. The highest BCUT2D eigenvalue weighted by Gasteiger charge is 1.99. The molecule has 0 aliphatic carbocycles. The summed E-state index contributed by atoms with van der Waals surface area (Å²) in [7, 11) is 0. The molecule has 1 aromatic rings. The second-order valence-electron chi connectivity index (χ2n) is 3.15. The molecule has 0 amide bonds. The number of aryl methyl sites for hydroxylation is 1. The van der Waals surface area contributed by atoms with Crippen LogP contribution in [-0.4, -0.2) is 10.7 Å². The molecule has 0 spiro atoms. The number of hydrogen-bond donors (Lipinski definition) is 0. The summed E-state index contributed by atoms with van der Waals surface area (Å²) in [5.41, 5.74) is 1.62. The van der Waals surface area contributed by atoms with E-state index in [0.717, 1.165) is 16.5 Å². The Morgan fingerprint density at radius 2 is 2.29 bits per heavy atom. The number of hydrogen-bond acceptors (Lipinski definition) is 3. The molecule has 0 atom stereocenters. The van der Waals surface area contributed by atoms with E-state index in [-0.39, 0.29) is 0 Å². The van der Waals surface area contributed by atoms with E-state index < -0.39 is 0 Å². The van der Waals surface area contributed by atoms with Crippen LogP contribution >= 0.6 is 11.8 Å². The Labute approximate surface area is 89.4 Å². The molecule has 0 aromatic carbocycles. The third kappa shape index (κ3) is 3.39. The molecule has 0 bridgehead atoms. The first-order valence-corrected chi connectivity index (χ1v) is 5.76. The maximum atomic E-state index is 8.77. The first-order chi connectivity index (χ1) is 6.76. The summed E-state index contributed by atoms with van der Waals surface area (Å²) in [6.07, 6.45) is 2.39. The molecule has 0 fully saturated rings. The van der Waals surface area contributed by atoms with Gasteiger partial charge in [0, 0.05) is 5.69 Å². The smallest absolute Gasteiger partial charge is 0.0993 e. The van der Waals surface area contributed by atoms with Gasteiger partial charge in [-0.1, -0.05) is 13.3 Å². The van der Waals surface area contributed by atoms with E-state index in [2.05, 4.69) is 18.0 Å². The molecule has 1 heterocycles. The fraction of sp³-hybridized carbons (Fsp3) is 0.455. The van der Waals surface area contributed by atoms with Gasteiger partial charge >= 0.3 is 0 Å². The molecule has 14 heavy (non-hydrogen) atoms. The number of nitriles is 1. The third-order valence-electron chi connectivity index (χ3n) is 1.81. The van der Waals surface area contributed by atoms with Gasteiger partial charge in [0.2, 0.25) is 0 Å². The average molecular weight is 206 g/mol. The normalized spacial score (nSPS) is 9.79. The van der Waals surface area contributed by atoms with Crippen LogP contribution in [0.3, 0.4) is 0 Å². The van der Waals surface area contributed by atoms with Crippen LogP contribution in [0.25, 0.3) is 0 Å². The summed E-state index contributed by atoms with van der Waals surface area (Å²) < 4.78 is 0. The van der Waals surface area contributed by atoms with Crippen LogP contribution in [0.15, 0.2) is 17.2 Å². The van der Waals surface area contributed by atoms with Crippen molar-refractivity contribution < 1.29 is 0 Å². The van der Waals surface area contributed by atoms with Crippen LogP contribution in [0, 0.1) is 18.3 Å². The van der Waals surface area contributed by atoms with Gasteiger partial charge in [-0.3, -0.25) is 0 Å². The van der Waals surface area contributed by atoms with E-state index in [9.17, 15) is 0 Å². The predicted octanol–water partition coefficient (Wildman–Crippen LogP) is 3.15. The Kier molecular flexibility index (Phi) is 4.48. The van der Waals surface area contributed by atoms with Gasteiger partial charge in [-0.05, 0) is 31.2 Å². The summed E-state index contributed by atoms with van der Waals surface area (Å²) in [6, 6.07) is 5.81. The SMILES string of the molecule is CCCCSc1cc(C#N)cc(C)n1. The molecular formula is C11H14N2S. The molecule has 1 rings (SSSR count). The first kappa shape index (κ1) is 11.1. The van der Waals surface area contributed by atoms with E-state index in [4.69, 9.17) is 5.26 Å². The largest absolute Gasteiger partial charge is 0.247 e. The van der Waals surface area contributed by atoms with E-state index in [0.29, 0.717) is 5.56 Å². The summed E-state index contributed by atoms with van der Waals surface area (Å²) in [6.45, 7) is 4.09. The van der Waals surface area contributed by atoms with E-state index in [1.165, 1.54) is 12.8 Å². The molecule has 0 unspecified atom stereocenters. The Balaban J connectivity index is 2.68. The Hall–Kier alpha value is -1.01. The monoisotopic (exact) mass is 206 g/mol. The summed E-state index contributed by atoms with van der Waals surface area (Å²) >= 11 is 1.73. The van der Waals surface area contributed by atoms with Gasteiger partial charge in [-0.15, -0.1) is 11.8 Å². The van der Waals surface area contributed by atoms with Crippen molar-refractivity contribution in [2.45, 2.75) is 31.7 Å². The molecule has 0 radical (unpaired) electrons. The molecule has 0 N–H and O–H groups in total. The van der Waals surface area contributed by atoms with Crippen LogP contribution < -0.4 is 0 Å². The van der Waals surface area contributed by atoms with Crippen molar-refractivity contribution in [3.63, 3.8) is 0 Å². The minimum absolute atomic E-state index is 0.705. The van der Waals surface area contributed by atoms with Crippen molar-refractivity contribution in [1.82, 2.24) is 4.98 Å². The van der Waals surface area contributed by atoms with E-state index in [1.54, 1.807) is 11.8 Å². The summed E-state index contributed by atoms with van der Waals surface area (Å²) in [5, 5.41) is 9.74. The average Bonchev–Trinajstić information content (AvgIpc) is 2.17. The first-order valence-electron chi connectivity index (χ1n) is 4.78. The zero-order valence-corrected chi connectivity index (χ0v) is 9.40. The fourth-order valence-electron chi connectivity index (χ4n) is 1.10. The van der Waals surface area contributed by atoms with Crippen LogP contribution in [0.1, 0.15) is 31.0 Å². The molecular weight excluding hydrogens is 192 g/mol. The van der Waals surface area contributed by atoms with Crippen LogP contribution in [0.5, 0.6) is 0 Å². The lowest BCUT2D eigenvalue weighted by Crippen LogP contribution is -1.88. The zero-order chi connectivity index (χ0) is 10.4. The van der Waals surface area contributed by atoms with Crippen LogP contribution in [-0.2, 0) is 0 Å². The second-order valence-corrected chi connectivity index (χ2v) is 4.26. The Morgan fingerprint density at radius 3 is 2.93 bits per heavy atom.